The molecule has 1 aliphatic rings. The molecule has 0 aromatic carbocycles. The molecule has 21 heavy (non-hydrogen) atoms. The molecule has 0 heterocycles. The van der Waals surface area contributed by atoms with Crippen molar-refractivity contribution in [1.29, 1.82) is 0 Å². The Morgan fingerprint density at radius 3 is 2.43 bits per heavy atom. The van der Waals surface area contributed by atoms with E-state index in [2.05, 4.69) is 17.1 Å². The summed E-state index contributed by atoms with van der Waals surface area (Å²) in [5.41, 5.74) is -0.563. The molecule has 0 aromatic heterocycles. The summed E-state index contributed by atoms with van der Waals surface area (Å²) in [7, 11) is 0. The second-order valence-corrected chi connectivity index (χ2v) is 6.25. The number of esters is 1. The van der Waals surface area contributed by atoms with Crippen LogP contribution >= 0.6 is 0 Å². The largest absolute Gasteiger partial charge is 0.465 e. The van der Waals surface area contributed by atoms with Gasteiger partial charge in [0.15, 0.2) is 0 Å². The van der Waals surface area contributed by atoms with Gasteiger partial charge in [-0.05, 0) is 46.2 Å². The third kappa shape index (κ3) is 5.59. The van der Waals surface area contributed by atoms with Crippen molar-refractivity contribution in [2.45, 2.75) is 77.8 Å². The summed E-state index contributed by atoms with van der Waals surface area (Å²) in [5, 5.41) is 3.32. The molecule has 0 aliphatic heterocycles. The standard InChI is InChI=1S/C17H34N2O2/c1-5-18-17(4,16(20)21-7-3)13-14-19(6-2)15-11-9-8-10-12-15/h15,18H,5-14H2,1-4H3. The molecular formula is C17H34N2O2. The maximum absolute atomic E-state index is 12.2. The molecule has 0 aromatic rings. The van der Waals surface area contributed by atoms with Crippen LogP contribution < -0.4 is 5.32 Å². The lowest BCUT2D eigenvalue weighted by Crippen LogP contribution is -2.53. The number of ether oxygens (including phenoxy) is 1. The highest BCUT2D eigenvalue weighted by Crippen LogP contribution is 2.24. The number of carbonyl (C=O) groups is 1. The Balaban J connectivity index is 2.58. The van der Waals surface area contributed by atoms with Crippen LogP contribution in [0.3, 0.4) is 0 Å². The van der Waals surface area contributed by atoms with Crippen molar-refractivity contribution in [3.8, 4) is 0 Å². The van der Waals surface area contributed by atoms with Crippen LogP contribution in [0.15, 0.2) is 0 Å². The minimum Gasteiger partial charge on any atom is -0.465 e. The summed E-state index contributed by atoms with van der Waals surface area (Å²) in [6.07, 6.45) is 7.51. The molecule has 1 aliphatic carbocycles. The van der Waals surface area contributed by atoms with E-state index in [9.17, 15) is 4.79 Å². The van der Waals surface area contributed by atoms with Crippen molar-refractivity contribution in [3.63, 3.8) is 0 Å². The van der Waals surface area contributed by atoms with Crippen LogP contribution in [0, 0.1) is 0 Å². The zero-order valence-corrected chi connectivity index (χ0v) is 14.4. The van der Waals surface area contributed by atoms with Crippen molar-refractivity contribution >= 4 is 5.97 Å². The zero-order valence-electron chi connectivity index (χ0n) is 14.4. The van der Waals surface area contributed by atoms with Crippen LogP contribution in [0.2, 0.25) is 0 Å². The summed E-state index contributed by atoms with van der Waals surface area (Å²) in [6.45, 7) is 11.4. The van der Waals surface area contributed by atoms with Crippen molar-refractivity contribution in [1.82, 2.24) is 10.2 Å². The van der Waals surface area contributed by atoms with Crippen molar-refractivity contribution in [3.05, 3.63) is 0 Å². The third-order valence-electron chi connectivity index (χ3n) is 4.69. The molecule has 0 amide bonds. The monoisotopic (exact) mass is 298 g/mol. The lowest BCUT2D eigenvalue weighted by molar-refractivity contribution is -0.151. The van der Waals surface area contributed by atoms with Gasteiger partial charge < -0.3 is 15.0 Å². The first kappa shape index (κ1) is 18.4. The SMILES string of the molecule is CCNC(C)(CCN(CC)C1CCCCC1)C(=O)OCC. The smallest absolute Gasteiger partial charge is 0.326 e. The molecule has 1 saturated carbocycles. The number of likely N-dealkylation sites (N-methyl/N-ethyl adjacent to an activating group) is 1. The predicted octanol–water partition coefficient (Wildman–Crippen LogP) is 2.96. The highest BCUT2D eigenvalue weighted by molar-refractivity contribution is 5.80. The molecule has 0 bridgehead atoms. The molecule has 4 nitrogen and oxygen atoms in total. The van der Waals surface area contributed by atoms with Crippen LogP contribution in [0.25, 0.3) is 0 Å². The van der Waals surface area contributed by atoms with E-state index in [4.69, 9.17) is 4.74 Å². The minimum absolute atomic E-state index is 0.119. The van der Waals surface area contributed by atoms with Gasteiger partial charge in [0.05, 0.1) is 6.61 Å². The van der Waals surface area contributed by atoms with Crippen molar-refractivity contribution < 1.29 is 9.53 Å². The number of nitrogens with zero attached hydrogens (tertiary/aromatic N) is 1. The fourth-order valence-corrected chi connectivity index (χ4v) is 3.36. The Kier molecular flexibility index (Phi) is 8.27. The number of hydrogen-bond acceptors (Lipinski definition) is 4. The molecule has 1 fully saturated rings. The van der Waals surface area contributed by atoms with E-state index >= 15 is 0 Å². The average Bonchev–Trinajstić information content (AvgIpc) is 2.49. The predicted molar refractivity (Wildman–Crippen MR) is 87.5 cm³/mol. The van der Waals surface area contributed by atoms with Gasteiger partial charge in [0.1, 0.15) is 5.54 Å². The number of nitrogens with one attached hydrogen (secondary N) is 1. The highest BCUT2D eigenvalue weighted by Gasteiger charge is 2.34. The first-order valence-electron chi connectivity index (χ1n) is 8.73. The van der Waals surface area contributed by atoms with Gasteiger partial charge in [0.25, 0.3) is 0 Å². The van der Waals surface area contributed by atoms with E-state index in [1.807, 2.05) is 20.8 Å². The number of rotatable bonds is 9. The topological polar surface area (TPSA) is 41.6 Å². The summed E-state index contributed by atoms with van der Waals surface area (Å²) >= 11 is 0. The van der Waals surface area contributed by atoms with Gasteiger partial charge in [-0.2, -0.15) is 0 Å². The fraction of sp³-hybridized carbons (Fsp3) is 0.941. The fourth-order valence-electron chi connectivity index (χ4n) is 3.36. The Morgan fingerprint density at radius 1 is 1.24 bits per heavy atom. The highest BCUT2D eigenvalue weighted by atomic mass is 16.5. The Bertz CT molecular complexity index is 303. The lowest BCUT2D eigenvalue weighted by Gasteiger charge is -2.36. The first-order valence-corrected chi connectivity index (χ1v) is 8.73. The molecular weight excluding hydrogens is 264 g/mol. The zero-order chi connectivity index (χ0) is 15.7. The molecule has 0 spiro atoms. The van der Waals surface area contributed by atoms with E-state index in [1.165, 1.54) is 32.1 Å². The molecule has 1 rings (SSSR count). The summed E-state index contributed by atoms with van der Waals surface area (Å²) in [4.78, 5) is 14.8. The van der Waals surface area contributed by atoms with Crippen LogP contribution in [-0.2, 0) is 9.53 Å². The molecule has 1 unspecified atom stereocenters. The maximum Gasteiger partial charge on any atom is 0.326 e. The van der Waals surface area contributed by atoms with E-state index in [0.717, 1.165) is 26.1 Å². The third-order valence-corrected chi connectivity index (χ3v) is 4.69. The number of hydrogen-bond donors (Lipinski definition) is 1. The minimum atomic E-state index is -0.563. The Hall–Kier alpha value is -0.610. The van der Waals surface area contributed by atoms with E-state index in [1.54, 1.807) is 0 Å². The first-order chi connectivity index (χ1) is 10.1. The van der Waals surface area contributed by atoms with Crippen LogP contribution in [0.4, 0.5) is 0 Å². The second kappa shape index (κ2) is 9.42. The van der Waals surface area contributed by atoms with Gasteiger partial charge in [0, 0.05) is 12.6 Å². The summed E-state index contributed by atoms with van der Waals surface area (Å²) in [5.74, 6) is -0.119. The lowest BCUT2D eigenvalue weighted by atomic mass is 9.92. The van der Waals surface area contributed by atoms with Crippen LogP contribution in [-0.4, -0.2) is 48.7 Å². The Morgan fingerprint density at radius 2 is 1.90 bits per heavy atom. The van der Waals surface area contributed by atoms with Gasteiger partial charge in [-0.1, -0.05) is 33.1 Å². The quantitative estimate of drug-likeness (QED) is 0.665. The molecule has 0 saturated heterocycles. The van der Waals surface area contributed by atoms with Gasteiger partial charge in [-0.15, -0.1) is 0 Å². The summed E-state index contributed by atoms with van der Waals surface area (Å²) < 4.78 is 5.25. The van der Waals surface area contributed by atoms with Crippen LogP contribution in [0.1, 0.15) is 66.2 Å². The van der Waals surface area contributed by atoms with E-state index < -0.39 is 5.54 Å². The number of carbonyl (C=O) groups excluding carboxylic acids is 1. The molecule has 124 valence electrons. The van der Waals surface area contributed by atoms with Gasteiger partial charge >= 0.3 is 5.97 Å². The molecule has 1 N–H and O–H groups in total. The average molecular weight is 298 g/mol. The maximum atomic E-state index is 12.2. The van der Waals surface area contributed by atoms with E-state index in [0.29, 0.717) is 12.6 Å². The van der Waals surface area contributed by atoms with E-state index in [-0.39, 0.29) is 5.97 Å². The van der Waals surface area contributed by atoms with Gasteiger partial charge in [-0.25, -0.2) is 0 Å². The summed E-state index contributed by atoms with van der Waals surface area (Å²) in [6, 6.07) is 0.705. The second-order valence-electron chi connectivity index (χ2n) is 6.25. The van der Waals surface area contributed by atoms with Gasteiger partial charge in [0.2, 0.25) is 0 Å². The van der Waals surface area contributed by atoms with Crippen molar-refractivity contribution in [2.24, 2.45) is 0 Å². The Labute approximate surface area is 130 Å². The molecule has 4 heteroatoms. The normalized spacial score (nSPS) is 19.5. The molecule has 1 atom stereocenters. The molecule has 0 radical (unpaired) electrons. The van der Waals surface area contributed by atoms with Crippen LogP contribution in [0.5, 0.6) is 0 Å². The van der Waals surface area contributed by atoms with Gasteiger partial charge in [-0.3, -0.25) is 4.79 Å². The van der Waals surface area contributed by atoms with Crippen molar-refractivity contribution in [2.75, 3.05) is 26.2 Å².